The summed E-state index contributed by atoms with van der Waals surface area (Å²) in [4.78, 5) is 11.1. The summed E-state index contributed by atoms with van der Waals surface area (Å²) >= 11 is 0. The zero-order valence-electron chi connectivity index (χ0n) is 14.7. The van der Waals surface area contributed by atoms with Crippen LogP contribution in [-0.4, -0.2) is 34.5 Å². The molecule has 0 atom stereocenters. The van der Waals surface area contributed by atoms with Gasteiger partial charge in [-0.1, -0.05) is 17.7 Å². The molecule has 1 aromatic heterocycles. The molecular weight excluding hydrogens is 368 g/mol. The number of carbonyl (C=O) groups is 1. The summed E-state index contributed by atoms with van der Waals surface area (Å²) in [5.74, 6) is 0.129. The van der Waals surface area contributed by atoms with Crippen molar-refractivity contribution in [1.29, 1.82) is 0 Å². The molecule has 3 aromatic rings. The molecule has 27 heavy (non-hydrogen) atoms. The molecule has 2 N–H and O–H groups in total. The number of hydrogen-bond acceptors (Lipinski definition) is 6. The Morgan fingerprint density at radius 2 is 1.74 bits per heavy atom. The van der Waals surface area contributed by atoms with Crippen molar-refractivity contribution in [3.63, 3.8) is 0 Å². The molecule has 0 radical (unpaired) electrons. The number of aromatic nitrogens is 4. The lowest BCUT2D eigenvalue weighted by Gasteiger charge is -2.08. The van der Waals surface area contributed by atoms with Gasteiger partial charge in [-0.25, -0.2) is 13.1 Å². The van der Waals surface area contributed by atoms with Crippen molar-refractivity contribution >= 4 is 21.6 Å². The number of rotatable bonds is 6. The molecule has 1 amide bonds. The van der Waals surface area contributed by atoms with Crippen LogP contribution in [0.25, 0.3) is 5.69 Å². The van der Waals surface area contributed by atoms with Crippen LogP contribution in [-0.2, 0) is 21.4 Å². The summed E-state index contributed by atoms with van der Waals surface area (Å²) < 4.78 is 28.9. The molecule has 0 saturated heterocycles. The van der Waals surface area contributed by atoms with Crippen LogP contribution in [0.1, 0.15) is 18.3 Å². The maximum atomic E-state index is 12.5. The molecule has 0 aliphatic carbocycles. The number of hydrogen-bond donors (Lipinski definition) is 2. The van der Waals surface area contributed by atoms with E-state index >= 15 is 0 Å². The minimum atomic E-state index is -3.76. The lowest BCUT2D eigenvalue weighted by Crippen LogP contribution is -2.25. The number of nitrogens with zero attached hydrogens (tertiary/aromatic N) is 4. The molecule has 140 valence electrons. The van der Waals surface area contributed by atoms with Crippen LogP contribution in [0.4, 0.5) is 5.69 Å². The Hall–Kier alpha value is -3.11. The smallest absolute Gasteiger partial charge is 0.240 e. The van der Waals surface area contributed by atoms with Gasteiger partial charge in [0.2, 0.25) is 15.9 Å². The van der Waals surface area contributed by atoms with Gasteiger partial charge in [0, 0.05) is 12.6 Å². The van der Waals surface area contributed by atoms with E-state index in [1.54, 1.807) is 0 Å². The standard InChI is InChI=1S/C17H18N6O3S/c1-12-3-7-15(8-4-12)23-17(20-21-22-23)11-18-27(25,26)16-9-5-14(6-10-16)19-13(2)24/h3-10,18H,11H2,1-2H3,(H,19,24). The van der Waals surface area contributed by atoms with Gasteiger partial charge in [-0.3, -0.25) is 4.79 Å². The van der Waals surface area contributed by atoms with E-state index in [0.717, 1.165) is 11.3 Å². The fraction of sp³-hybridized carbons (Fsp3) is 0.176. The molecular formula is C17H18N6O3S. The average molecular weight is 386 g/mol. The van der Waals surface area contributed by atoms with Gasteiger partial charge in [0.15, 0.2) is 5.82 Å². The van der Waals surface area contributed by atoms with Crippen molar-refractivity contribution in [3.8, 4) is 5.69 Å². The molecule has 9 nitrogen and oxygen atoms in total. The Kier molecular flexibility index (Phi) is 5.28. The number of amides is 1. The lowest BCUT2D eigenvalue weighted by atomic mass is 10.2. The zero-order chi connectivity index (χ0) is 19.4. The van der Waals surface area contributed by atoms with Gasteiger partial charge < -0.3 is 5.32 Å². The predicted octanol–water partition coefficient (Wildman–Crippen LogP) is 1.41. The van der Waals surface area contributed by atoms with Crippen LogP contribution >= 0.6 is 0 Å². The highest BCUT2D eigenvalue weighted by molar-refractivity contribution is 7.89. The maximum Gasteiger partial charge on any atom is 0.240 e. The second-order valence-corrected chi connectivity index (χ2v) is 7.64. The Morgan fingerprint density at radius 3 is 2.37 bits per heavy atom. The molecule has 0 aliphatic rings. The number of tetrazole rings is 1. The third kappa shape index (κ3) is 4.54. The number of nitrogens with one attached hydrogen (secondary N) is 2. The van der Waals surface area contributed by atoms with Gasteiger partial charge >= 0.3 is 0 Å². The second-order valence-electron chi connectivity index (χ2n) is 5.87. The first-order valence-electron chi connectivity index (χ1n) is 8.07. The number of sulfonamides is 1. The first-order valence-corrected chi connectivity index (χ1v) is 9.55. The van der Waals surface area contributed by atoms with Gasteiger partial charge in [-0.15, -0.1) is 5.10 Å². The summed E-state index contributed by atoms with van der Waals surface area (Å²) in [6.07, 6.45) is 0. The van der Waals surface area contributed by atoms with E-state index in [9.17, 15) is 13.2 Å². The van der Waals surface area contributed by atoms with Gasteiger partial charge in [-0.05, 0) is 53.7 Å². The fourth-order valence-electron chi connectivity index (χ4n) is 2.37. The van der Waals surface area contributed by atoms with Crippen molar-refractivity contribution in [2.75, 3.05) is 5.32 Å². The van der Waals surface area contributed by atoms with E-state index in [0.29, 0.717) is 11.5 Å². The molecule has 0 saturated carbocycles. The highest BCUT2D eigenvalue weighted by atomic mass is 32.2. The summed E-state index contributed by atoms with van der Waals surface area (Å²) in [5.41, 5.74) is 2.35. The topological polar surface area (TPSA) is 119 Å². The van der Waals surface area contributed by atoms with Crippen LogP contribution in [0.3, 0.4) is 0 Å². The van der Waals surface area contributed by atoms with E-state index in [1.807, 2.05) is 31.2 Å². The minimum Gasteiger partial charge on any atom is -0.326 e. The minimum absolute atomic E-state index is 0.0728. The summed E-state index contributed by atoms with van der Waals surface area (Å²) in [5, 5.41) is 14.0. The van der Waals surface area contributed by atoms with Crippen LogP contribution in [0.2, 0.25) is 0 Å². The summed E-state index contributed by atoms with van der Waals surface area (Å²) in [6, 6.07) is 13.4. The highest BCUT2D eigenvalue weighted by Gasteiger charge is 2.16. The van der Waals surface area contributed by atoms with Gasteiger partial charge in [-0.2, -0.15) is 4.68 Å². The molecule has 1 heterocycles. The maximum absolute atomic E-state index is 12.5. The third-order valence-electron chi connectivity index (χ3n) is 3.72. The molecule has 0 unspecified atom stereocenters. The third-order valence-corrected chi connectivity index (χ3v) is 5.14. The van der Waals surface area contributed by atoms with Crippen molar-refractivity contribution in [2.45, 2.75) is 25.3 Å². The van der Waals surface area contributed by atoms with Crippen molar-refractivity contribution in [2.24, 2.45) is 0 Å². The van der Waals surface area contributed by atoms with Gasteiger partial charge in [0.25, 0.3) is 0 Å². The van der Waals surface area contributed by atoms with E-state index in [4.69, 9.17) is 0 Å². The van der Waals surface area contributed by atoms with Gasteiger partial charge in [0.1, 0.15) is 0 Å². The Balaban J connectivity index is 1.74. The molecule has 3 rings (SSSR count). The van der Waals surface area contributed by atoms with Crippen molar-refractivity contribution in [3.05, 3.63) is 59.9 Å². The first-order chi connectivity index (χ1) is 12.8. The lowest BCUT2D eigenvalue weighted by molar-refractivity contribution is -0.114. The zero-order valence-corrected chi connectivity index (χ0v) is 15.6. The Labute approximate surface area is 156 Å². The number of benzene rings is 2. The second kappa shape index (κ2) is 7.64. The molecule has 2 aromatic carbocycles. The van der Waals surface area contributed by atoms with Crippen LogP contribution in [0.15, 0.2) is 53.4 Å². The van der Waals surface area contributed by atoms with E-state index < -0.39 is 10.0 Å². The van der Waals surface area contributed by atoms with Crippen molar-refractivity contribution in [1.82, 2.24) is 24.9 Å². The monoisotopic (exact) mass is 386 g/mol. The number of carbonyl (C=O) groups excluding carboxylic acids is 1. The van der Waals surface area contributed by atoms with Crippen LogP contribution in [0.5, 0.6) is 0 Å². The normalized spacial score (nSPS) is 11.3. The van der Waals surface area contributed by atoms with Gasteiger partial charge in [0.05, 0.1) is 17.1 Å². The largest absolute Gasteiger partial charge is 0.326 e. The molecule has 10 heteroatoms. The summed E-state index contributed by atoms with van der Waals surface area (Å²) in [6.45, 7) is 3.27. The SMILES string of the molecule is CC(=O)Nc1ccc(S(=O)(=O)NCc2nnnn2-c2ccc(C)cc2)cc1. The quantitative estimate of drug-likeness (QED) is 0.661. The highest BCUT2D eigenvalue weighted by Crippen LogP contribution is 2.15. The number of aryl methyl sites for hydroxylation is 1. The Bertz CT molecular complexity index is 1040. The van der Waals surface area contributed by atoms with E-state index in [2.05, 4.69) is 25.6 Å². The average Bonchev–Trinajstić information content (AvgIpc) is 3.09. The first kappa shape index (κ1) is 18.7. The fourth-order valence-corrected chi connectivity index (χ4v) is 3.35. The molecule has 0 aliphatic heterocycles. The van der Waals surface area contributed by atoms with E-state index in [-0.39, 0.29) is 17.3 Å². The Morgan fingerprint density at radius 1 is 1.07 bits per heavy atom. The number of anilines is 1. The van der Waals surface area contributed by atoms with Crippen LogP contribution < -0.4 is 10.0 Å². The predicted molar refractivity (Wildman–Crippen MR) is 98.7 cm³/mol. The van der Waals surface area contributed by atoms with Crippen LogP contribution in [0, 0.1) is 6.92 Å². The molecule has 0 fully saturated rings. The molecule has 0 bridgehead atoms. The van der Waals surface area contributed by atoms with Crippen molar-refractivity contribution < 1.29 is 13.2 Å². The summed E-state index contributed by atoms with van der Waals surface area (Å²) in [7, 11) is -3.76. The molecule has 0 spiro atoms. The van der Waals surface area contributed by atoms with E-state index in [1.165, 1.54) is 35.9 Å².